The first-order valence-corrected chi connectivity index (χ1v) is 10.6. The van der Waals surface area contributed by atoms with Crippen molar-refractivity contribution in [3.8, 4) is 0 Å². The Bertz CT molecular complexity index is 909. The molecule has 1 aromatic carbocycles. The van der Waals surface area contributed by atoms with Crippen molar-refractivity contribution in [2.75, 3.05) is 12.4 Å². The Morgan fingerprint density at radius 2 is 1.87 bits per heavy atom. The quantitative estimate of drug-likeness (QED) is 0.675. The van der Waals surface area contributed by atoms with Gasteiger partial charge in [-0.15, -0.1) is 0 Å². The zero-order valence-corrected chi connectivity index (χ0v) is 17.4. The van der Waals surface area contributed by atoms with Crippen LogP contribution in [0.1, 0.15) is 66.7 Å². The van der Waals surface area contributed by atoms with E-state index < -0.39 is 24.2 Å². The van der Waals surface area contributed by atoms with Crippen LogP contribution in [0.15, 0.2) is 30.3 Å². The monoisotopic (exact) mass is 440 g/mol. The number of alkyl halides is 3. The Morgan fingerprint density at radius 1 is 1.20 bits per heavy atom. The summed E-state index contributed by atoms with van der Waals surface area (Å²) in [6, 6.07) is 6.52. The number of hydrogen-bond donors (Lipinski definition) is 1. The van der Waals surface area contributed by atoms with Crippen molar-refractivity contribution in [1.29, 1.82) is 0 Å². The zero-order chi connectivity index (χ0) is 21.5. The maximum Gasteiger partial charge on any atom is 0.410 e. The lowest BCUT2D eigenvalue weighted by Crippen LogP contribution is -2.39. The van der Waals surface area contributed by atoms with Crippen molar-refractivity contribution in [2.24, 2.45) is 0 Å². The van der Waals surface area contributed by atoms with E-state index in [1.807, 2.05) is 6.07 Å². The van der Waals surface area contributed by atoms with Crippen molar-refractivity contribution >= 4 is 23.3 Å². The fourth-order valence-electron chi connectivity index (χ4n) is 4.43. The van der Waals surface area contributed by atoms with Gasteiger partial charge in [-0.2, -0.15) is 18.3 Å². The second-order valence-corrected chi connectivity index (χ2v) is 8.44. The summed E-state index contributed by atoms with van der Waals surface area (Å²) in [5.74, 6) is -0.396. The number of carbonyl (C=O) groups is 1. The minimum absolute atomic E-state index is 0.0412. The minimum atomic E-state index is -4.52. The normalized spacial score (nSPS) is 22.3. The molecule has 5 nitrogen and oxygen atoms in total. The number of rotatable bonds is 3. The average molecular weight is 441 g/mol. The number of aromatic nitrogens is 2. The Balaban J connectivity index is 1.69. The lowest BCUT2D eigenvalue weighted by Gasteiger charge is -2.33. The molecule has 1 aliphatic heterocycles. The molecule has 162 valence electrons. The van der Waals surface area contributed by atoms with Crippen LogP contribution in [0.25, 0.3) is 0 Å². The number of halogens is 4. The average Bonchev–Trinajstić information content (AvgIpc) is 3.09. The second-order valence-electron chi connectivity index (χ2n) is 8.06. The Hall–Kier alpha value is -2.22. The van der Waals surface area contributed by atoms with Gasteiger partial charge in [0.2, 0.25) is 0 Å². The molecule has 1 aromatic heterocycles. The van der Waals surface area contributed by atoms with E-state index in [2.05, 4.69) is 10.4 Å². The van der Waals surface area contributed by atoms with E-state index in [1.165, 1.54) is 0 Å². The molecule has 0 saturated heterocycles. The van der Waals surface area contributed by atoms with Crippen LogP contribution in [0.4, 0.5) is 19.0 Å². The molecule has 2 unspecified atom stereocenters. The largest absolute Gasteiger partial charge is 0.410 e. The van der Waals surface area contributed by atoms with Gasteiger partial charge in [0.15, 0.2) is 11.7 Å². The van der Waals surface area contributed by atoms with Crippen molar-refractivity contribution in [3.63, 3.8) is 0 Å². The SMILES string of the molecule is CN(C(=O)c1nn2c(c1Cl)NC(c1ccccc1)CC2C(F)(F)F)C1CCCCC1. The smallest absolute Gasteiger partial charge is 0.362 e. The van der Waals surface area contributed by atoms with Crippen LogP contribution in [0.5, 0.6) is 0 Å². The van der Waals surface area contributed by atoms with E-state index in [0.29, 0.717) is 0 Å². The Morgan fingerprint density at radius 3 is 2.50 bits per heavy atom. The van der Waals surface area contributed by atoms with Crippen LogP contribution in [-0.2, 0) is 0 Å². The van der Waals surface area contributed by atoms with Crippen molar-refractivity contribution in [2.45, 2.75) is 62.8 Å². The second kappa shape index (κ2) is 8.13. The highest BCUT2D eigenvalue weighted by Crippen LogP contribution is 2.46. The molecular weight excluding hydrogens is 417 g/mol. The van der Waals surface area contributed by atoms with Crippen molar-refractivity contribution < 1.29 is 18.0 Å². The van der Waals surface area contributed by atoms with E-state index in [-0.39, 0.29) is 29.0 Å². The van der Waals surface area contributed by atoms with Gasteiger partial charge in [0, 0.05) is 19.5 Å². The van der Waals surface area contributed by atoms with Gasteiger partial charge >= 0.3 is 6.18 Å². The summed E-state index contributed by atoms with van der Waals surface area (Å²) in [5.41, 5.74) is 0.595. The van der Waals surface area contributed by atoms with Crippen LogP contribution in [-0.4, -0.2) is 39.9 Å². The van der Waals surface area contributed by atoms with Gasteiger partial charge in [-0.3, -0.25) is 4.79 Å². The molecule has 9 heteroatoms. The lowest BCUT2D eigenvalue weighted by atomic mass is 9.94. The summed E-state index contributed by atoms with van der Waals surface area (Å²) in [7, 11) is 1.68. The number of anilines is 1. The Labute approximate surface area is 178 Å². The first-order valence-electron chi connectivity index (χ1n) is 10.2. The predicted molar refractivity (Wildman–Crippen MR) is 109 cm³/mol. The van der Waals surface area contributed by atoms with Crippen LogP contribution < -0.4 is 5.32 Å². The van der Waals surface area contributed by atoms with Gasteiger partial charge < -0.3 is 10.2 Å². The van der Waals surface area contributed by atoms with E-state index in [9.17, 15) is 18.0 Å². The molecule has 2 aliphatic rings. The van der Waals surface area contributed by atoms with Gasteiger partial charge in [-0.05, 0) is 18.4 Å². The third kappa shape index (κ3) is 3.89. The van der Waals surface area contributed by atoms with E-state index in [1.54, 1.807) is 36.2 Å². The van der Waals surface area contributed by atoms with Crippen LogP contribution in [0, 0.1) is 0 Å². The fourth-order valence-corrected chi connectivity index (χ4v) is 4.69. The molecule has 2 heterocycles. The van der Waals surface area contributed by atoms with Gasteiger partial charge in [0.05, 0.1) is 6.04 Å². The highest BCUT2D eigenvalue weighted by atomic mass is 35.5. The van der Waals surface area contributed by atoms with Gasteiger partial charge in [-0.1, -0.05) is 61.2 Å². The van der Waals surface area contributed by atoms with E-state index in [4.69, 9.17) is 11.6 Å². The number of benzene rings is 1. The van der Waals surface area contributed by atoms with Gasteiger partial charge in [-0.25, -0.2) is 4.68 Å². The van der Waals surface area contributed by atoms with Crippen LogP contribution in [0.2, 0.25) is 5.02 Å². The number of amides is 1. The molecule has 30 heavy (non-hydrogen) atoms. The number of nitrogens with one attached hydrogen (secondary N) is 1. The first kappa shape index (κ1) is 21.0. The van der Waals surface area contributed by atoms with Crippen molar-refractivity contribution in [1.82, 2.24) is 14.7 Å². The summed E-state index contributed by atoms with van der Waals surface area (Å²) >= 11 is 6.43. The highest BCUT2D eigenvalue weighted by Gasteiger charge is 2.48. The molecule has 1 saturated carbocycles. The van der Waals surface area contributed by atoms with Gasteiger partial charge in [0.1, 0.15) is 10.8 Å². The van der Waals surface area contributed by atoms with Crippen LogP contribution >= 0.6 is 11.6 Å². The summed E-state index contributed by atoms with van der Waals surface area (Å²) in [6.45, 7) is 0. The number of carbonyl (C=O) groups excluding carboxylic acids is 1. The number of fused-ring (bicyclic) bond motifs is 1. The summed E-state index contributed by atoms with van der Waals surface area (Å²) < 4.78 is 42.5. The topological polar surface area (TPSA) is 50.2 Å². The van der Waals surface area contributed by atoms with Crippen LogP contribution in [0.3, 0.4) is 0 Å². The number of nitrogens with zero attached hydrogens (tertiary/aromatic N) is 3. The molecule has 0 radical (unpaired) electrons. The summed E-state index contributed by atoms with van der Waals surface area (Å²) in [6.07, 6.45) is 0.216. The standard InChI is InChI=1S/C21H24ClF3N4O/c1-28(14-10-6-3-7-11-14)20(30)18-17(22)19-26-15(13-8-4-2-5-9-13)12-16(21(23,24)25)29(19)27-18/h2,4-5,8-9,14-16,26H,3,6-7,10-12H2,1H3. The minimum Gasteiger partial charge on any atom is -0.362 e. The first-order chi connectivity index (χ1) is 14.3. The summed E-state index contributed by atoms with van der Waals surface area (Å²) in [4.78, 5) is 14.6. The third-order valence-corrected chi connectivity index (χ3v) is 6.50. The molecule has 2 aromatic rings. The molecular formula is C21H24ClF3N4O. The highest BCUT2D eigenvalue weighted by molar-refractivity contribution is 6.36. The zero-order valence-electron chi connectivity index (χ0n) is 16.6. The molecule has 1 aliphatic carbocycles. The summed E-state index contributed by atoms with van der Waals surface area (Å²) in [5, 5.41) is 7.07. The predicted octanol–water partition coefficient (Wildman–Crippen LogP) is 5.60. The number of hydrogen-bond acceptors (Lipinski definition) is 3. The molecule has 2 atom stereocenters. The lowest BCUT2D eigenvalue weighted by molar-refractivity contribution is -0.173. The molecule has 1 N–H and O–H groups in total. The van der Waals surface area contributed by atoms with Crippen molar-refractivity contribution in [3.05, 3.63) is 46.6 Å². The maximum atomic E-state index is 13.9. The third-order valence-electron chi connectivity index (χ3n) is 6.14. The van der Waals surface area contributed by atoms with E-state index in [0.717, 1.165) is 42.3 Å². The molecule has 4 rings (SSSR count). The fraction of sp³-hybridized carbons (Fsp3) is 0.524. The molecule has 0 spiro atoms. The maximum absolute atomic E-state index is 13.9. The Kier molecular flexibility index (Phi) is 5.70. The molecule has 1 fully saturated rings. The molecule has 1 amide bonds. The van der Waals surface area contributed by atoms with Gasteiger partial charge in [0.25, 0.3) is 5.91 Å². The molecule has 0 bridgehead atoms. The van der Waals surface area contributed by atoms with E-state index >= 15 is 0 Å².